The van der Waals surface area contributed by atoms with Crippen LogP contribution in [0.3, 0.4) is 0 Å². The molecule has 0 fully saturated rings. The van der Waals surface area contributed by atoms with E-state index in [4.69, 9.17) is 0 Å². The molecule has 178 valence electrons. The van der Waals surface area contributed by atoms with Gasteiger partial charge in [-0.25, -0.2) is 0 Å². The van der Waals surface area contributed by atoms with Gasteiger partial charge in [0.1, 0.15) is 0 Å². The third-order valence-electron chi connectivity index (χ3n) is 7.01. The number of hydrogen-bond donors (Lipinski definition) is 0. The van der Waals surface area contributed by atoms with Crippen molar-refractivity contribution in [3.05, 3.63) is 108 Å². The lowest BCUT2D eigenvalue weighted by Crippen LogP contribution is -2.10. The number of hydrogen-bond acceptors (Lipinski definition) is 0. The first-order valence-corrected chi connectivity index (χ1v) is 12.3. The molecule has 0 aliphatic carbocycles. The summed E-state index contributed by atoms with van der Waals surface area (Å²) in [5.74, 6) is 0. The number of rotatable bonds is 2. The summed E-state index contributed by atoms with van der Waals surface area (Å²) in [7, 11) is 0. The van der Waals surface area contributed by atoms with Gasteiger partial charge < -0.3 is 0 Å². The average Bonchev–Trinajstić information content (AvgIpc) is 2.82. The second-order valence-electron chi connectivity index (χ2n) is 11.5. The van der Waals surface area contributed by atoms with Crippen LogP contribution >= 0.6 is 24.0 Å². The standard InChI is InChI=1S/C34H34.HI/c1-33(2,3)25-19-15-23(16-20-25)31-29-13-9-7-11-27(29)28-12-8-10-14-30(28)32(31)24-17-21-26(22-18-24)34(4,5)6;/h7-22H,1-6H3;1H. The maximum absolute atomic E-state index is 2.31. The van der Waals surface area contributed by atoms with Crippen LogP contribution < -0.4 is 0 Å². The smallest absolute Gasteiger partial charge is 0.00203 e. The Labute approximate surface area is 227 Å². The monoisotopic (exact) mass is 570 g/mol. The Kier molecular flexibility index (Phi) is 6.85. The van der Waals surface area contributed by atoms with Crippen molar-refractivity contribution in [2.45, 2.75) is 52.4 Å². The molecule has 0 spiro atoms. The Morgan fingerprint density at radius 1 is 0.371 bits per heavy atom. The summed E-state index contributed by atoms with van der Waals surface area (Å²) in [5.41, 5.74) is 8.16. The van der Waals surface area contributed by atoms with E-state index in [2.05, 4.69) is 139 Å². The molecule has 0 heterocycles. The van der Waals surface area contributed by atoms with Gasteiger partial charge in [0.15, 0.2) is 0 Å². The molecule has 0 aliphatic heterocycles. The average molecular weight is 571 g/mol. The van der Waals surface area contributed by atoms with Crippen LogP contribution in [-0.4, -0.2) is 0 Å². The number of fused-ring (bicyclic) bond motifs is 3. The van der Waals surface area contributed by atoms with Gasteiger partial charge in [0, 0.05) is 0 Å². The van der Waals surface area contributed by atoms with Gasteiger partial charge in [-0.15, -0.1) is 24.0 Å². The second kappa shape index (κ2) is 9.43. The summed E-state index contributed by atoms with van der Waals surface area (Å²) in [6.45, 7) is 13.6. The third kappa shape index (κ3) is 4.76. The van der Waals surface area contributed by atoms with Crippen LogP contribution in [0.4, 0.5) is 0 Å². The first-order valence-electron chi connectivity index (χ1n) is 12.3. The highest BCUT2D eigenvalue weighted by Gasteiger charge is 2.20. The fourth-order valence-corrected chi connectivity index (χ4v) is 5.01. The minimum absolute atomic E-state index is 0. The van der Waals surface area contributed by atoms with Crippen molar-refractivity contribution in [3.63, 3.8) is 0 Å². The SMILES string of the molecule is CC(C)(C)c1ccc(-c2c(-c3ccc(C(C)(C)C)cc3)c3ccccc3c3ccccc23)cc1.I. The zero-order valence-corrected chi connectivity index (χ0v) is 24.0. The normalized spacial score (nSPS) is 12.1. The molecule has 0 aromatic heterocycles. The molecule has 0 bridgehead atoms. The zero-order valence-electron chi connectivity index (χ0n) is 21.6. The molecule has 0 saturated carbocycles. The second-order valence-corrected chi connectivity index (χ2v) is 11.5. The van der Waals surface area contributed by atoms with Gasteiger partial charge in [-0.1, -0.05) is 139 Å². The fraction of sp³-hybridized carbons (Fsp3) is 0.235. The Morgan fingerprint density at radius 2 is 0.657 bits per heavy atom. The van der Waals surface area contributed by atoms with E-state index in [0.717, 1.165) is 0 Å². The molecule has 0 aliphatic rings. The van der Waals surface area contributed by atoms with Crippen LogP contribution in [0.15, 0.2) is 97.1 Å². The van der Waals surface area contributed by atoms with Gasteiger partial charge in [-0.2, -0.15) is 0 Å². The first-order chi connectivity index (χ1) is 16.1. The van der Waals surface area contributed by atoms with Crippen LogP contribution in [0, 0.1) is 0 Å². The van der Waals surface area contributed by atoms with Crippen LogP contribution in [0.5, 0.6) is 0 Å². The van der Waals surface area contributed by atoms with E-state index in [1.165, 1.54) is 54.9 Å². The van der Waals surface area contributed by atoms with E-state index in [9.17, 15) is 0 Å². The first kappa shape index (κ1) is 25.4. The Bertz CT molecular complexity index is 1360. The summed E-state index contributed by atoms with van der Waals surface area (Å²) in [6, 6.07) is 36.1. The number of benzene rings is 5. The topological polar surface area (TPSA) is 0 Å². The van der Waals surface area contributed by atoms with E-state index >= 15 is 0 Å². The summed E-state index contributed by atoms with van der Waals surface area (Å²) in [4.78, 5) is 0. The van der Waals surface area contributed by atoms with E-state index < -0.39 is 0 Å². The van der Waals surface area contributed by atoms with Gasteiger partial charge in [0.05, 0.1) is 0 Å². The molecule has 0 unspecified atom stereocenters. The van der Waals surface area contributed by atoms with Crippen LogP contribution in [0.2, 0.25) is 0 Å². The van der Waals surface area contributed by atoms with Crippen molar-refractivity contribution in [2.24, 2.45) is 0 Å². The molecule has 0 amide bonds. The van der Waals surface area contributed by atoms with Crippen LogP contribution in [0.25, 0.3) is 43.8 Å². The lowest BCUT2D eigenvalue weighted by atomic mass is 9.82. The van der Waals surface area contributed by atoms with E-state index in [1.807, 2.05) is 0 Å². The highest BCUT2D eigenvalue weighted by atomic mass is 127. The van der Waals surface area contributed by atoms with Gasteiger partial charge in [-0.3, -0.25) is 0 Å². The lowest BCUT2D eigenvalue weighted by molar-refractivity contribution is 0.590. The molecule has 35 heavy (non-hydrogen) atoms. The van der Waals surface area contributed by atoms with Crippen molar-refractivity contribution in [2.75, 3.05) is 0 Å². The minimum Gasteiger partial charge on any atom is -0.107 e. The predicted octanol–water partition coefficient (Wildman–Crippen LogP) is 10.5. The minimum atomic E-state index is 0. The highest BCUT2D eigenvalue weighted by molar-refractivity contribution is 14.0. The van der Waals surface area contributed by atoms with Gasteiger partial charge in [0.2, 0.25) is 0 Å². The Morgan fingerprint density at radius 3 is 0.943 bits per heavy atom. The molecule has 0 atom stereocenters. The quantitative estimate of drug-likeness (QED) is 0.146. The predicted molar refractivity (Wildman–Crippen MR) is 165 cm³/mol. The molecule has 0 N–H and O–H groups in total. The molecule has 5 rings (SSSR count). The van der Waals surface area contributed by atoms with Crippen molar-refractivity contribution in [1.29, 1.82) is 0 Å². The molecule has 0 radical (unpaired) electrons. The maximum Gasteiger partial charge on any atom is -0.00203 e. The molecular formula is C34H35I. The van der Waals surface area contributed by atoms with Crippen molar-refractivity contribution < 1.29 is 0 Å². The molecule has 5 aromatic carbocycles. The summed E-state index contributed by atoms with van der Waals surface area (Å²) in [5, 5.41) is 5.23. The number of halogens is 1. The lowest BCUT2D eigenvalue weighted by Gasteiger charge is -2.22. The third-order valence-corrected chi connectivity index (χ3v) is 7.01. The molecule has 5 aromatic rings. The highest BCUT2D eigenvalue weighted by Crippen LogP contribution is 2.45. The molecule has 0 saturated heterocycles. The summed E-state index contributed by atoms with van der Waals surface area (Å²) < 4.78 is 0. The van der Waals surface area contributed by atoms with Crippen molar-refractivity contribution in [1.82, 2.24) is 0 Å². The van der Waals surface area contributed by atoms with E-state index in [1.54, 1.807) is 0 Å². The fourth-order valence-electron chi connectivity index (χ4n) is 5.01. The Hall–Kier alpha value is -2.65. The maximum atomic E-state index is 2.31. The van der Waals surface area contributed by atoms with Crippen molar-refractivity contribution in [3.8, 4) is 22.3 Å². The zero-order chi connectivity index (χ0) is 24.1. The Balaban J connectivity index is 0.00000289. The van der Waals surface area contributed by atoms with Gasteiger partial charge >= 0.3 is 0 Å². The summed E-state index contributed by atoms with van der Waals surface area (Å²) >= 11 is 0. The molecule has 1 heteroatoms. The van der Waals surface area contributed by atoms with Crippen LogP contribution in [0.1, 0.15) is 52.7 Å². The summed E-state index contributed by atoms with van der Waals surface area (Å²) in [6.07, 6.45) is 0. The van der Waals surface area contributed by atoms with E-state index in [0.29, 0.717) is 0 Å². The molecule has 0 nitrogen and oxygen atoms in total. The van der Waals surface area contributed by atoms with Gasteiger partial charge in [0.25, 0.3) is 0 Å². The van der Waals surface area contributed by atoms with Crippen LogP contribution in [-0.2, 0) is 10.8 Å². The van der Waals surface area contributed by atoms with Gasteiger partial charge in [-0.05, 0) is 65.8 Å². The largest absolute Gasteiger partial charge is 0.107 e. The molecular weight excluding hydrogens is 535 g/mol. The van der Waals surface area contributed by atoms with Crippen molar-refractivity contribution >= 4 is 45.5 Å². The van der Waals surface area contributed by atoms with E-state index in [-0.39, 0.29) is 34.8 Å².